The molecule has 4 aromatic rings. The molecule has 142 valence electrons. The first-order valence-corrected chi connectivity index (χ1v) is 9.36. The fourth-order valence-electron chi connectivity index (χ4n) is 3.42. The van der Waals surface area contributed by atoms with Gasteiger partial charge in [-0.2, -0.15) is 10.2 Å². The molecule has 2 aromatic heterocycles. The van der Waals surface area contributed by atoms with E-state index in [-0.39, 0.29) is 5.56 Å². The van der Waals surface area contributed by atoms with E-state index in [1.165, 1.54) is 25.0 Å². The fraction of sp³-hybridized carbons (Fsp3) is 0.286. The average Bonchev–Trinajstić information content (AvgIpc) is 3.20. The third kappa shape index (κ3) is 3.17. The lowest BCUT2D eigenvalue weighted by Gasteiger charge is -2.11. The van der Waals surface area contributed by atoms with Crippen molar-refractivity contribution < 1.29 is 8.78 Å². The van der Waals surface area contributed by atoms with Crippen molar-refractivity contribution in [2.75, 3.05) is 0 Å². The first-order chi connectivity index (χ1) is 13.5. The van der Waals surface area contributed by atoms with E-state index in [1.807, 2.05) is 18.2 Å². The van der Waals surface area contributed by atoms with Crippen molar-refractivity contribution in [1.82, 2.24) is 25.4 Å². The van der Waals surface area contributed by atoms with Crippen LogP contribution >= 0.6 is 0 Å². The standard InChI is InChI=1S/C21H19F2N5/c1-21(22,23)15-4-2-3-13(10-15)19-16-11-14(7-8-17(16)25-27-19)20-24-18(26-28-20)9-12-5-6-12/h2-4,7-8,10-12H,5-6,9H2,1H3,(H,25,27)(H,24,26,28). The Hall–Kier alpha value is -3.09. The number of benzene rings is 2. The SMILES string of the molecule is CC(F)(F)c1cccc(-c2n[nH]c3ccc(-c4n[nH]c(CC5CC5)n4)cc23)c1. The molecule has 1 saturated carbocycles. The molecule has 0 atom stereocenters. The number of aromatic amines is 2. The molecule has 0 aliphatic heterocycles. The van der Waals surface area contributed by atoms with Crippen LogP contribution in [0.1, 0.15) is 31.2 Å². The van der Waals surface area contributed by atoms with E-state index in [1.54, 1.807) is 12.1 Å². The van der Waals surface area contributed by atoms with Crippen LogP contribution in [0.5, 0.6) is 0 Å². The summed E-state index contributed by atoms with van der Waals surface area (Å²) < 4.78 is 27.4. The summed E-state index contributed by atoms with van der Waals surface area (Å²) in [5, 5.41) is 15.5. The normalized spacial score (nSPS) is 14.7. The average molecular weight is 379 g/mol. The molecule has 1 aliphatic carbocycles. The molecule has 1 fully saturated rings. The van der Waals surface area contributed by atoms with Gasteiger partial charge in [0.25, 0.3) is 5.92 Å². The maximum absolute atomic E-state index is 13.7. The third-order valence-electron chi connectivity index (χ3n) is 5.17. The van der Waals surface area contributed by atoms with Gasteiger partial charge in [0.05, 0.1) is 11.2 Å². The zero-order valence-corrected chi connectivity index (χ0v) is 15.3. The lowest BCUT2D eigenvalue weighted by Crippen LogP contribution is -2.06. The summed E-state index contributed by atoms with van der Waals surface area (Å²) >= 11 is 0. The number of fused-ring (bicyclic) bond motifs is 1. The highest BCUT2D eigenvalue weighted by Crippen LogP contribution is 2.34. The van der Waals surface area contributed by atoms with E-state index in [0.29, 0.717) is 17.1 Å². The summed E-state index contributed by atoms with van der Waals surface area (Å²) in [5.74, 6) is -0.626. The van der Waals surface area contributed by atoms with Gasteiger partial charge >= 0.3 is 0 Å². The number of alkyl halides is 2. The Bertz CT molecular complexity index is 1150. The van der Waals surface area contributed by atoms with Gasteiger partial charge in [0, 0.05) is 35.4 Å². The van der Waals surface area contributed by atoms with Gasteiger partial charge in [-0.3, -0.25) is 10.2 Å². The van der Waals surface area contributed by atoms with Crippen LogP contribution in [0.2, 0.25) is 0 Å². The Labute approximate surface area is 160 Å². The van der Waals surface area contributed by atoms with E-state index < -0.39 is 5.92 Å². The van der Waals surface area contributed by atoms with Crippen LogP contribution in [0.3, 0.4) is 0 Å². The minimum Gasteiger partial charge on any atom is -0.277 e. The molecular weight excluding hydrogens is 360 g/mol. The maximum atomic E-state index is 13.7. The first kappa shape index (κ1) is 17.0. The van der Waals surface area contributed by atoms with Crippen LogP contribution in [0.25, 0.3) is 33.5 Å². The third-order valence-corrected chi connectivity index (χ3v) is 5.17. The van der Waals surface area contributed by atoms with Gasteiger partial charge in [-0.1, -0.05) is 18.2 Å². The van der Waals surface area contributed by atoms with Crippen LogP contribution in [0, 0.1) is 5.92 Å². The molecular formula is C21H19F2N5. The number of nitrogens with one attached hydrogen (secondary N) is 2. The molecule has 0 spiro atoms. The first-order valence-electron chi connectivity index (χ1n) is 9.36. The number of hydrogen-bond acceptors (Lipinski definition) is 3. The molecule has 0 radical (unpaired) electrons. The topological polar surface area (TPSA) is 70.2 Å². The smallest absolute Gasteiger partial charge is 0.270 e. The van der Waals surface area contributed by atoms with Gasteiger partial charge < -0.3 is 0 Å². The molecule has 0 bridgehead atoms. The molecule has 2 aromatic carbocycles. The Kier molecular flexibility index (Phi) is 3.79. The lowest BCUT2D eigenvalue weighted by molar-refractivity contribution is 0.0175. The molecule has 0 saturated heterocycles. The predicted molar refractivity (Wildman–Crippen MR) is 103 cm³/mol. The number of H-pyrrole nitrogens is 2. The Morgan fingerprint density at radius 3 is 2.68 bits per heavy atom. The van der Waals surface area contributed by atoms with E-state index in [2.05, 4.69) is 25.4 Å². The molecule has 0 unspecified atom stereocenters. The monoisotopic (exact) mass is 379 g/mol. The Morgan fingerprint density at radius 2 is 1.89 bits per heavy atom. The second-order valence-electron chi connectivity index (χ2n) is 7.55. The summed E-state index contributed by atoms with van der Waals surface area (Å²) in [7, 11) is 0. The van der Waals surface area contributed by atoms with Gasteiger partial charge in [-0.15, -0.1) is 0 Å². The largest absolute Gasteiger partial charge is 0.277 e. The van der Waals surface area contributed by atoms with E-state index >= 15 is 0 Å². The van der Waals surface area contributed by atoms with Crippen molar-refractivity contribution in [3.8, 4) is 22.6 Å². The number of hydrogen-bond donors (Lipinski definition) is 2. The number of rotatable bonds is 5. The second-order valence-corrected chi connectivity index (χ2v) is 7.55. The van der Waals surface area contributed by atoms with Crippen molar-refractivity contribution in [3.63, 3.8) is 0 Å². The zero-order chi connectivity index (χ0) is 19.3. The van der Waals surface area contributed by atoms with Crippen LogP contribution in [0.4, 0.5) is 8.78 Å². The van der Waals surface area contributed by atoms with E-state index in [0.717, 1.165) is 41.6 Å². The quantitative estimate of drug-likeness (QED) is 0.508. The predicted octanol–water partition coefficient (Wildman–Crippen LogP) is 5.08. The number of nitrogens with zero attached hydrogens (tertiary/aromatic N) is 3. The molecule has 7 heteroatoms. The Morgan fingerprint density at radius 1 is 1.04 bits per heavy atom. The Balaban J connectivity index is 1.54. The van der Waals surface area contributed by atoms with Crippen LogP contribution in [-0.4, -0.2) is 25.4 Å². The minimum absolute atomic E-state index is 0.0315. The van der Waals surface area contributed by atoms with Gasteiger partial charge in [-0.25, -0.2) is 13.8 Å². The molecule has 5 nitrogen and oxygen atoms in total. The van der Waals surface area contributed by atoms with Crippen LogP contribution < -0.4 is 0 Å². The molecule has 2 N–H and O–H groups in total. The zero-order valence-electron chi connectivity index (χ0n) is 15.3. The van der Waals surface area contributed by atoms with Crippen LogP contribution in [0.15, 0.2) is 42.5 Å². The summed E-state index contributed by atoms with van der Waals surface area (Å²) in [6.45, 7) is 0.898. The molecule has 0 amide bonds. The number of halogens is 2. The van der Waals surface area contributed by atoms with Crippen molar-refractivity contribution >= 4 is 10.9 Å². The van der Waals surface area contributed by atoms with Crippen LogP contribution in [-0.2, 0) is 12.3 Å². The van der Waals surface area contributed by atoms with Gasteiger partial charge in [0.1, 0.15) is 5.82 Å². The molecule has 2 heterocycles. The number of aromatic nitrogens is 5. The van der Waals surface area contributed by atoms with Gasteiger partial charge in [-0.05, 0) is 43.0 Å². The van der Waals surface area contributed by atoms with Gasteiger partial charge in [0.2, 0.25) is 0 Å². The molecule has 28 heavy (non-hydrogen) atoms. The van der Waals surface area contributed by atoms with Crippen molar-refractivity contribution in [3.05, 3.63) is 53.9 Å². The molecule has 5 rings (SSSR count). The summed E-state index contributed by atoms with van der Waals surface area (Å²) in [6.07, 6.45) is 3.46. The maximum Gasteiger partial charge on any atom is 0.270 e. The van der Waals surface area contributed by atoms with E-state index in [9.17, 15) is 8.78 Å². The van der Waals surface area contributed by atoms with E-state index in [4.69, 9.17) is 0 Å². The summed E-state index contributed by atoms with van der Waals surface area (Å²) in [6, 6.07) is 12.1. The summed E-state index contributed by atoms with van der Waals surface area (Å²) in [5.41, 5.74) is 2.95. The highest BCUT2D eigenvalue weighted by Gasteiger charge is 2.25. The summed E-state index contributed by atoms with van der Waals surface area (Å²) in [4.78, 5) is 4.60. The highest BCUT2D eigenvalue weighted by molar-refractivity contribution is 5.95. The molecule has 1 aliphatic rings. The van der Waals surface area contributed by atoms with Crippen molar-refractivity contribution in [2.45, 2.75) is 32.1 Å². The highest BCUT2D eigenvalue weighted by atomic mass is 19.3. The lowest BCUT2D eigenvalue weighted by atomic mass is 10.0. The second kappa shape index (κ2) is 6.22. The van der Waals surface area contributed by atoms with Crippen molar-refractivity contribution in [1.29, 1.82) is 0 Å². The van der Waals surface area contributed by atoms with Gasteiger partial charge in [0.15, 0.2) is 5.82 Å². The van der Waals surface area contributed by atoms with Crippen molar-refractivity contribution in [2.24, 2.45) is 5.92 Å². The fourth-order valence-corrected chi connectivity index (χ4v) is 3.42. The minimum atomic E-state index is -2.90.